The quantitative estimate of drug-likeness (QED) is 0.890. The highest BCUT2D eigenvalue weighted by atomic mass is 16.4. The van der Waals surface area contributed by atoms with Gasteiger partial charge in [-0.05, 0) is 42.9 Å². The molecule has 0 bridgehead atoms. The average molecular weight is 291 g/mol. The third kappa shape index (κ3) is 3.97. The first kappa shape index (κ1) is 15.4. The Kier molecular flexibility index (Phi) is 4.83. The van der Waals surface area contributed by atoms with E-state index in [0.717, 1.165) is 12.0 Å². The van der Waals surface area contributed by atoms with Gasteiger partial charge in [0.25, 0.3) is 0 Å². The highest BCUT2D eigenvalue weighted by Gasteiger charge is 2.34. The van der Waals surface area contributed by atoms with Crippen LogP contribution in [0.15, 0.2) is 24.3 Å². The van der Waals surface area contributed by atoms with Gasteiger partial charge in [0.1, 0.15) is 11.8 Å². The average Bonchev–Trinajstić information content (AvgIpc) is 2.46. The Morgan fingerprint density at radius 2 is 1.95 bits per heavy atom. The molecule has 0 radical (unpaired) electrons. The van der Waals surface area contributed by atoms with Crippen molar-refractivity contribution in [3.63, 3.8) is 0 Å². The van der Waals surface area contributed by atoms with Crippen molar-refractivity contribution in [2.45, 2.75) is 38.6 Å². The van der Waals surface area contributed by atoms with Gasteiger partial charge in [-0.25, -0.2) is 4.79 Å². The Morgan fingerprint density at radius 1 is 1.29 bits per heavy atom. The molecule has 5 heteroatoms. The molecule has 1 aromatic rings. The summed E-state index contributed by atoms with van der Waals surface area (Å²) in [6.45, 7) is 2.54. The standard InChI is InChI=1S/C16H21NO4/c1-11-8-9-17(14(10-11)16(20)21)15(19)7-4-12-2-5-13(18)6-3-12/h2-3,5-6,11,14,18H,4,7-10H2,1H3,(H,20,21). The molecule has 1 aliphatic rings. The van der Waals surface area contributed by atoms with Crippen LogP contribution in [0.5, 0.6) is 5.75 Å². The van der Waals surface area contributed by atoms with Gasteiger partial charge in [0, 0.05) is 13.0 Å². The van der Waals surface area contributed by atoms with Crippen LogP contribution < -0.4 is 0 Å². The fourth-order valence-corrected chi connectivity index (χ4v) is 2.73. The van der Waals surface area contributed by atoms with Crippen LogP contribution in [0.4, 0.5) is 0 Å². The second kappa shape index (κ2) is 6.61. The summed E-state index contributed by atoms with van der Waals surface area (Å²) in [5, 5.41) is 18.5. The summed E-state index contributed by atoms with van der Waals surface area (Å²) in [5.41, 5.74) is 0.957. The van der Waals surface area contributed by atoms with Crippen molar-refractivity contribution in [3.8, 4) is 5.75 Å². The molecule has 2 rings (SSSR count). The number of aliphatic carboxylic acids is 1. The number of aromatic hydroxyl groups is 1. The number of phenols is 1. The number of aryl methyl sites for hydroxylation is 1. The van der Waals surface area contributed by atoms with Gasteiger partial charge in [-0.3, -0.25) is 4.79 Å². The smallest absolute Gasteiger partial charge is 0.326 e. The van der Waals surface area contributed by atoms with Crippen LogP contribution in [0, 0.1) is 5.92 Å². The van der Waals surface area contributed by atoms with Crippen molar-refractivity contribution in [2.24, 2.45) is 5.92 Å². The van der Waals surface area contributed by atoms with E-state index in [-0.39, 0.29) is 11.7 Å². The summed E-state index contributed by atoms with van der Waals surface area (Å²) in [6, 6.07) is 6.02. The predicted octanol–water partition coefficient (Wildman–Crippen LogP) is 2.04. The summed E-state index contributed by atoms with van der Waals surface area (Å²) in [4.78, 5) is 25.1. The first-order valence-corrected chi connectivity index (χ1v) is 7.27. The molecule has 1 amide bonds. The molecule has 114 valence electrons. The van der Waals surface area contributed by atoms with Gasteiger partial charge < -0.3 is 15.1 Å². The molecule has 0 spiro atoms. The second-order valence-electron chi connectivity index (χ2n) is 5.74. The number of piperidine rings is 1. The molecule has 2 atom stereocenters. The minimum absolute atomic E-state index is 0.109. The summed E-state index contributed by atoms with van der Waals surface area (Å²) in [7, 11) is 0. The maximum absolute atomic E-state index is 12.3. The monoisotopic (exact) mass is 291 g/mol. The van der Waals surface area contributed by atoms with Gasteiger partial charge >= 0.3 is 5.97 Å². The summed E-state index contributed by atoms with van der Waals surface area (Å²) >= 11 is 0. The van der Waals surface area contributed by atoms with E-state index in [1.165, 1.54) is 4.90 Å². The Hall–Kier alpha value is -2.04. The van der Waals surface area contributed by atoms with Crippen LogP contribution in [0.25, 0.3) is 0 Å². The van der Waals surface area contributed by atoms with E-state index in [1.54, 1.807) is 24.3 Å². The highest BCUT2D eigenvalue weighted by Crippen LogP contribution is 2.23. The third-order valence-electron chi connectivity index (χ3n) is 4.03. The molecule has 0 aromatic heterocycles. The lowest BCUT2D eigenvalue weighted by molar-refractivity contribution is -0.153. The molecule has 0 saturated carbocycles. The molecule has 1 fully saturated rings. The minimum atomic E-state index is -0.917. The number of carbonyl (C=O) groups excluding carboxylic acids is 1. The number of carboxylic acids is 1. The van der Waals surface area contributed by atoms with Crippen LogP contribution >= 0.6 is 0 Å². The van der Waals surface area contributed by atoms with E-state index in [1.807, 2.05) is 6.92 Å². The molecule has 2 unspecified atom stereocenters. The number of hydrogen-bond donors (Lipinski definition) is 2. The van der Waals surface area contributed by atoms with Gasteiger partial charge in [0.2, 0.25) is 5.91 Å². The van der Waals surface area contributed by atoms with Crippen molar-refractivity contribution in [2.75, 3.05) is 6.54 Å². The minimum Gasteiger partial charge on any atom is -0.508 e. The zero-order valence-electron chi connectivity index (χ0n) is 12.2. The maximum Gasteiger partial charge on any atom is 0.326 e. The number of hydrogen-bond acceptors (Lipinski definition) is 3. The largest absolute Gasteiger partial charge is 0.508 e. The first-order chi connectivity index (χ1) is 9.97. The molecular formula is C16H21NO4. The molecule has 1 heterocycles. The molecule has 21 heavy (non-hydrogen) atoms. The van der Waals surface area contributed by atoms with Gasteiger partial charge in [-0.15, -0.1) is 0 Å². The third-order valence-corrected chi connectivity index (χ3v) is 4.03. The summed E-state index contributed by atoms with van der Waals surface area (Å²) in [5.74, 6) is -0.491. The molecule has 1 aromatic carbocycles. The number of amides is 1. The summed E-state index contributed by atoms with van der Waals surface area (Å²) < 4.78 is 0. The van der Waals surface area contributed by atoms with Crippen LogP contribution in [-0.4, -0.2) is 39.6 Å². The fraction of sp³-hybridized carbons (Fsp3) is 0.500. The second-order valence-corrected chi connectivity index (χ2v) is 5.74. The zero-order valence-corrected chi connectivity index (χ0v) is 12.2. The lowest BCUT2D eigenvalue weighted by atomic mass is 9.92. The Labute approximate surface area is 124 Å². The summed E-state index contributed by atoms with van der Waals surface area (Å²) in [6.07, 6.45) is 2.23. The number of benzene rings is 1. The number of carboxylic acid groups (broad SMARTS) is 1. The normalized spacial score (nSPS) is 22.0. The van der Waals surface area contributed by atoms with Gasteiger partial charge in [0.05, 0.1) is 0 Å². The van der Waals surface area contributed by atoms with Crippen molar-refractivity contribution in [3.05, 3.63) is 29.8 Å². The molecule has 5 nitrogen and oxygen atoms in total. The number of nitrogens with zero attached hydrogens (tertiary/aromatic N) is 1. The number of likely N-dealkylation sites (tertiary alicyclic amines) is 1. The van der Waals surface area contributed by atoms with E-state index < -0.39 is 12.0 Å². The van der Waals surface area contributed by atoms with E-state index in [4.69, 9.17) is 0 Å². The van der Waals surface area contributed by atoms with E-state index in [9.17, 15) is 19.8 Å². The Bertz CT molecular complexity index is 512. The number of phenolic OH excluding ortho intramolecular Hbond substituents is 1. The number of carbonyl (C=O) groups is 2. The van der Waals surface area contributed by atoms with Crippen LogP contribution in [0.1, 0.15) is 31.7 Å². The first-order valence-electron chi connectivity index (χ1n) is 7.27. The van der Waals surface area contributed by atoms with Crippen molar-refractivity contribution >= 4 is 11.9 Å². The lowest BCUT2D eigenvalue weighted by Gasteiger charge is -2.36. The van der Waals surface area contributed by atoms with E-state index in [0.29, 0.717) is 31.7 Å². The maximum atomic E-state index is 12.3. The van der Waals surface area contributed by atoms with Crippen LogP contribution in [-0.2, 0) is 16.0 Å². The lowest BCUT2D eigenvalue weighted by Crippen LogP contribution is -2.49. The SMILES string of the molecule is CC1CCN(C(=O)CCc2ccc(O)cc2)C(C(=O)O)C1. The van der Waals surface area contributed by atoms with Crippen LogP contribution in [0.2, 0.25) is 0 Å². The topological polar surface area (TPSA) is 77.8 Å². The predicted molar refractivity (Wildman–Crippen MR) is 78.0 cm³/mol. The van der Waals surface area contributed by atoms with Gasteiger partial charge in [0.15, 0.2) is 0 Å². The fourth-order valence-electron chi connectivity index (χ4n) is 2.73. The van der Waals surface area contributed by atoms with Crippen molar-refractivity contribution < 1.29 is 19.8 Å². The highest BCUT2D eigenvalue weighted by molar-refractivity contribution is 5.84. The molecule has 1 saturated heterocycles. The molecule has 2 N–H and O–H groups in total. The Balaban J connectivity index is 1.95. The zero-order chi connectivity index (χ0) is 15.4. The van der Waals surface area contributed by atoms with E-state index in [2.05, 4.69) is 0 Å². The molecule has 1 aliphatic heterocycles. The number of rotatable bonds is 4. The molecular weight excluding hydrogens is 270 g/mol. The molecule has 0 aliphatic carbocycles. The Morgan fingerprint density at radius 3 is 2.57 bits per heavy atom. The van der Waals surface area contributed by atoms with E-state index >= 15 is 0 Å². The van der Waals surface area contributed by atoms with Crippen molar-refractivity contribution in [1.82, 2.24) is 4.90 Å². The van der Waals surface area contributed by atoms with Gasteiger partial charge in [-0.2, -0.15) is 0 Å². The van der Waals surface area contributed by atoms with Gasteiger partial charge in [-0.1, -0.05) is 19.1 Å². The van der Waals surface area contributed by atoms with Crippen molar-refractivity contribution in [1.29, 1.82) is 0 Å². The van der Waals surface area contributed by atoms with Crippen LogP contribution in [0.3, 0.4) is 0 Å².